The minimum absolute atomic E-state index is 0.704. The highest BCUT2D eigenvalue weighted by Gasteiger charge is 2.27. The molecule has 0 aromatic rings. The number of hydrogen-bond acceptors (Lipinski definition) is 1. The lowest BCUT2D eigenvalue weighted by Gasteiger charge is -2.35. The zero-order chi connectivity index (χ0) is 11.3. The summed E-state index contributed by atoms with van der Waals surface area (Å²) in [6.07, 6.45) is 7.62. The van der Waals surface area contributed by atoms with Crippen molar-refractivity contribution in [2.24, 2.45) is 23.7 Å². The Morgan fingerprint density at radius 1 is 1.20 bits per heavy atom. The molecule has 0 aliphatic heterocycles. The highest BCUT2D eigenvalue weighted by molar-refractivity contribution is 4.98. The zero-order valence-corrected chi connectivity index (χ0v) is 10.8. The van der Waals surface area contributed by atoms with Gasteiger partial charge in [-0.1, -0.05) is 39.8 Å². The fourth-order valence-corrected chi connectivity index (χ4v) is 2.02. The van der Waals surface area contributed by atoms with Crippen molar-refractivity contribution in [2.75, 3.05) is 13.1 Å². The van der Waals surface area contributed by atoms with Crippen LogP contribution in [-0.2, 0) is 0 Å². The van der Waals surface area contributed by atoms with Crippen molar-refractivity contribution < 1.29 is 0 Å². The first kappa shape index (κ1) is 12.8. The van der Waals surface area contributed by atoms with Crippen LogP contribution in [-0.4, -0.2) is 13.1 Å². The van der Waals surface area contributed by atoms with Crippen LogP contribution >= 0.6 is 0 Å². The Labute approximate surface area is 95.3 Å². The Morgan fingerprint density at radius 3 is 2.40 bits per heavy atom. The van der Waals surface area contributed by atoms with Crippen molar-refractivity contribution >= 4 is 0 Å². The van der Waals surface area contributed by atoms with Crippen LogP contribution in [0, 0.1) is 23.7 Å². The molecule has 0 amide bonds. The number of rotatable bonds is 6. The Bertz CT molecular complexity index is 194. The zero-order valence-electron chi connectivity index (χ0n) is 10.8. The third-order valence-corrected chi connectivity index (χ3v) is 3.18. The predicted octanol–water partition coefficient (Wildman–Crippen LogP) is 3.47. The predicted molar refractivity (Wildman–Crippen MR) is 67.9 cm³/mol. The molecule has 0 heterocycles. The van der Waals surface area contributed by atoms with Crippen molar-refractivity contribution in [3.05, 3.63) is 12.2 Å². The van der Waals surface area contributed by atoms with Gasteiger partial charge in [-0.05, 0) is 49.6 Å². The van der Waals surface area contributed by atoms with Crippen molar-refractivity contribution in [3.8, 4) is 0 Å². The summed E-state index contributed by atoms with van der Waals surface area (Å²) in [4.78, 5) is 0. The summed E-state index contributed by atoms with van der Waals surface area (Å²) in [6, 6.07) is 0. The van der Waals surface area contributed by atoms with Gasteiger partial charge in [0.2, 0.25) is 0 Å². The van der Waals surface area contributed by atoms with E-state index >= 15 is 0 Å². The molecule has 1 rings (SSSR count). The highest BCUT2D eigenvalue weighted by Crippen LogP contribution is 2.34. The van der Waals surface area contributed by atoms with Crippen LogP contribution in [0.2, 0.25) is 0 Å². The average Bonchev–Trinajstić information content (AvgIpc) is 2.09. The molecular weight excluding hydrogens is 182 g/mol. The van der Waals surface area contributed by atoms with E-state index in [0.717, 1.165) is 24.3 Å². The summed E-state index contributed by atoms with van der Waals surface area (Å²) in [5.74, 6) is 3.23. The van der Waals surface area contributed by atoms with E-state index in [4.69, 9.17) is 0 Å². The normalized spacial score (nSPS) is 26.5. The quantitative estimate of drug-likeness (QED) is 0.661. The molecule has 1 aliphatic carbocycles. The van der Waals surface area contributed by atoms with Crippen LogP contribution < -0.4 is 5.32 Å². The van der Waals surface area contributed by atoms with Gasteiger partial charge in [0.15, 0.2) is 0 Å². The Hall–Kier alpha value is -0.300. The van der Waals surface area contributed by atoms with Gasteiger partial charge in [-0.3, -0.25) is 0 Å². The van der Waals surface area contributed by atoms with Crippen LogP contribution in [0.1, 0.15) is 40.5 Å². The second-order valence-corrected chi connectivity index (χ2v) is 5.68. The molecule has 15 heavy (non-hydrogen) atoms. The fraction of sp³-hybridized carbons (Fsp3) is 0.857. The van der Waals surface area contributed by atoms with Gasteiger partial charge in [-0.2, -0.15) is 0 Å². The van der Waals surface area contributed by atoms with E-state index in [9.17, 15) is 0 Å². The summed E-state index contributed by atoms with van der Waals surface area (Å²) in [7, 11) is 0. The fourth-order valence-electron chi connectivity index (χ4n) is 2.02. The smallest absolute Gasteiger partial charge is 0.00148 e. The summed E-state index contributed by atoms with van der Waals surface area (Å²) in [5.41, 5.74) is 0. The van der Waals surface area contributed by atoms with E-state index in [1.807, 2.05) is 0 Å². The van der Waals surface area contributed by atoms with Crippen LogP contribution in [0.25, 0.3) is 0 Å². The summed E-state index contributed by atoms with van der Waals surface area (Å²) < 4.78 is 0. The van der Waals surface area contributed by atoms with E-state index in [2.05, 4.69) is 45.2 Å². The topological polar surface area (TPSA) is 12.0 Å². The first-order chi connectivity index (χ1) is 7.09. The molecule has 1 nitrogen and oxygen atoms in total. The van der Waals surface area contributed by atoms with Gasteiger partial charge in [0.05, 0.1) is 0 Å². The molecule has 88 valence electrons. The summed E-state index contributed by atoms with van der Waals surface area (Å²) in [6.45, 7) is 11.4. The van der Waals surface area contributed by atoms with Crippen LogP contribution in [0.3, 0.4) is 0 Å². The van der Waals surface area contributed by atoms with Gasteiger partial charge in [-0.25, -0.2) is 0 Å². The second-order valence-electron chi connectivity index (χ2n) is 5.68. The molecule has 1 N–H and O–H groups in total. The lowest BCUT2D eigenvalue weighted by molar-refractivity contribution is 0.217. The van der Waals surface area contributed by atoms with Gasteiger partial charge < -0.3 is 5.32 Å². The van der Waals surface area contributed by atoms with E-state index in [1.165, 1.54) is 19.4 Å². The van der Waals surface area contributed by atoms with Crippen molar-refractivity contribution in [1.82, 2.24) is 5.32 Å². The Morgan fingerprint density at radius 2 is 1.93 bits per heavy atom. The summed E-state index contributed by atoms with van der Waals surface area (Å²) in [5, 5.41) is 3.57. The number of allylic oxidation sites excluding steroid dienone is 2. The minimum atomic E-state index is 0.704. The number of hydrogen-bond donors (Lipinski definition) is 1. The SMILES string of the molecule is CC(C)/C=C/C1CCC1CNCC(C)C. The van der Waals surface area contributed by atoms with Gasteiger partial charge in [0.25, 0.3) is 0 Å². The largest absolute Gasteiger partial charge is 0.316 e. The lowest BCUT2D eigenvalue weighted by Crippen LogP contribution is -2.35. The van der Waals surface area contributed by atoms with Crippen LogP contribution in [0.5, 0.6) is 0 Å². The van der Waals surface area contributed by atoms with E-state index < -0.39 is 0 Å². The molecular formula is C14H27N. The second kappa shape index (κ2) is 6.32. The van der Waals surface area contributed by atoms with Gasteiger partial charge >= 0.3 is 0 Å². The van der Waals surface area contributed by atoms with Crippen LogP contribution in [0.4, 0.5) is 0 Å². The van der Waals surface area contributed by atoms with E-state index in [0.29, 0.717) is 5.92 Å². The summed E-state index contributed by atoms with van der Waals surface area (Å²) >= 11 is 0. The third kappa shape index (κ3) is 4.83. The molecule has 1 fully saturated rings. The molecule has 0 aromatic heterocycles. The Kier molecular flexibility index (Phi) is 5.38. The maximum absolute atomic E-state index is 3.57. The maximum Gasteiger partial charge on any atom is -0.00148 e. The first-order valence-electron chi connectivity index (χ1n) is 6.48. The maximum atomic E-state index is 3.57. The average molecular weight is 209 g/mol. The Balaban J connectivity index is 2.15. The molecule has 0 aromatic carbocycles. The lowest BCUT2D eigenvalue weighted by atomic mass is 9.73. The highest BCUT2D eigenvalue weighted by atomic mass is 14.9. The van der Waals surface area contributed by atoms with E-state index in [1.54, 1.807) is 0 Å². The van der Waals surface area contributed by atoms with Crippen LogP contribution in [0.15, 0.2) is 12.2 Å². The molecule has 0 spiro atoms. The molecule has 1 heteroatoms. The molecule has 2 atom stereocenters. The van der Waals surface area contributed by atoms with Gasteiger partial charge in [0.1, 0.15) is 0 Å². The first-order valence-corrected chi connectivity index (χ1v) is 6.48. The van der Waals surface area contributed by atoms with Gasteiger partial charge in [-0.15, -0.1) is 0 Å². The molecule has 1 aliphatic rings. The standard InChI is InChI=1S/C14H27N/c1-11(2)5-6-13-7-8-14(13)10-15-9-12(3)4/h5-6,11-15H,7-10H2,1-4H3/b6-5+. The van der Waals surface area contributed by atoms with Crippen molar-refractivity contribution in [3.63, 3.8) is 0 Å². The molecule has 0 bridgehead atoms. The number of nitrogens with one attached hydrogen (secondary N) is 1. The van der Waals surface area contributed by atoms with Crippen molar-refractivity contribution in [2.45, 2.75) is 40.5 Å². The third-order valence-electron chi connectivity index (χ3n) is 3.18. The van der Waals surface area contributed by atoms with E-state index in [-0.39, 0.29) is 0 Å². The van der Waals surface area contributed by atoms with Gasteiger partial charge in [0, 0.05) is 0 Å². The van der Waals surface area contributed by atoms with Crippen molar-refractivity contribution in [1.29, 1.82) is 0 Å². The molecule has 2 unspecified atom stereocenters. The minimum Gasteiger partial charge on any atom is -0.316 e. The monoisotopic (exact) mass is 209 g/mol. The molecule has 0 saturated heterocycles. The molecule has 0 radical (unpaired) electrons. The molecule has 1 saturated carbocycles.